The lowest BCUT2D eigenvalue weighted by atomic mass is 9.98. The summed E-state index contributed by atoms with van der Waals surface area (Å²) in [6, 6.07) is -0.760. The summed E-state index contributed by atoms with van der Waals surface area (Å²) >= 11 is 1.54. The highest BCUT2D eigenvalue weighted by molar-refractivity contribution is 8.01. The van der Waals surface area contributed by atoms with Crippen molar-refractivity contribution in [2.75, 3.05) is 0 Å². The minimum Gasteiger partial charge on any atom is -0.548 e. The molecule has 2 saturated heterocycles. The first-order chi connectivity index (χ1) is 5.93. The monoisotopic (exact) mass is 200 g/mol. The molecule has 0 spiro atoms. The lowest BCUT2D eigenvalue weighted by Gasteiger charge is -2.39. The van der Waals surface area contributed by atoms with Crippen LogP contribution in [-0.4, -0.2) is 32.9 Å². The Morgan fingerprint density at radius 2 is 2.31 bits per heavy atom. The van der Waals surface area contributed by atoms with Gasteiger partial charge < -0.3 is 14.8 Å². The highest BCUT2D eigenvalue weighted by Gasteiger charge is 2.55. The van der Waals surface area contributed by atoms with E-state index in [1.54, 1.807) is 11.8 Å². The van der Waals surface area contributed by atoms with E-state index >= 15 is 0 Å². The highest BCUT2D eigenvalue weighted by atomic mass is 32.2. The van der Waals surface area contributed by atoms with Crippen LogP contribution in [0.25, 0.3) is 0 Å². The first-order valence-electron chi connectivity index (χ1n) is 4.13. The molecule has 2 rings (SSSR count). The molecule has 0 radical (unpaired) electrons. The molecule has 4 nitrogen and oxygen atoms in total. The van der Waals surface area contributed by atoms with E-state index in [9.17, 15) is 14.7 Å². The van der Waals surface area contributed by atoms with Crippen LogP contribution in [0.15, 0.2) is 0 Å². The summed E-state index contributed by atoms with van der Waals surface area (Å²) in [5.74, 6) is -1.22. The number of carboxylic acid groups (broad SMARTS) is 1. The largest absolute Gasteiger partial charge is 0.548 e. The number of β-lactam (4-membered cyclic amide) rings is 1. The van der Waals surface area contributed by atoms with Gasteiger partial charge in [0, 0.05) is 4.75 Å². The standard InChI is InChI=1S/C8H11NO3S/c1-8(2)6(7(11)12)9-4(10)3-5(9)13-8/h5-6H,3H2,1-2H3,(H,11,12)/p-1/t5?,6-/m0/s1. The molecule has 2 atom stereocenters. The first kappa shape index (κ1) is 8.87. The number of thioether (sulfide) groups is 1. The summed E-state index contributed by atoms with van der Waals surface area (Å²) in [5, 5.41) is 10.9. The van der Waals surface area contributed by atoms with E-state index in [-0.39, 0.29) is 11.3 Å². The Labute approximate surface area is 80.3 Å². The predicted octanol–water partition coefficient (Wildman–Crippen LogP) is -0.811. The van der Waals surface area contributed by atoms with Crippen molar-refractivity contribution >= 4 is 23.6 Å². The molecule has 2 fully saturated rings. The maximum atomic E-state index is 11.1. The van der Waals surface area contributed by atoms with Gasteiger partial charge in [0.15, 0.2) is 0 Å². The smallest absolute Gasteiger partial charge is 0.227 e. The van der Waals surface area contributed by atoms with Gasteiger partial charge in [0.1, 0.15) is 0 Å². The van der Waals surface area contributed by atoms with Gasteiger partial charge in [0.2, 0.25) is 5.91 Å². The van der Waals surface area contributed by atoms with E-state index in [2.05, 4.69) is 0 Å². The number of carbonyl (C=O) groups excluding carboxylic acids is 2. The topological polar surface area (TPSA) is 60.4 Å². The van der Waals surface area contributed by atoms with Crippen LogP contribution < -0.4 is 5.11 Å². The number of aliphatic carboxylic acids is 1. The van der Waals surface area contributed by atoms with Crippen molar-refractivity contribution in [2.24, 2.45) is 0 Å². The fraction of sp³-hybridized carbons (Fsp3) is 0.750. The molecule has 2 aliphatic heterocycles. The van der Waals surface area contributed by atoms with Crippen LogP contribution in [-0.2, 0) is 9.59 Å². The Bertz CT molecular complexity index is 289. The summed E-state index contributed by atoms with van der Waals surface area (Å²) in [4.78, 5) is 23.4. The maximum absolute atomic E-state index is 11.1. The van der Waals surface area contributed by atoms with Gasteiger partial charge in [0.05, 0.1) is 23.8 Å². The summed E-state index contributed by atoms with van der Waals surface area (Å²) in [6.45, 7) is 3.67. The van der Waals surface area contributed by atoms with Gasteiger partial charge in [-0.15, -0.1) is 11.8 Å². The third-order valence-electron chi connectivity index (χ3n) is 2.55. The fourth-order valence-electron chi connectivity index (χ4n) is 1.96. The van der Waals surface area contributed by atoms with Crippen molar-refractivity contribution in [1.82, 2.24) is 4.90 Å². The number of nitrogens with zero attached hydrogens (tertiary/aromatic N) is 1. The molecule has 13 heavy (non-hydrogen) atoms. The van der Waals surface area contributed by atoms with E-state index in [0.29, 0.717) is 6.42 Å². The molecule has 0 aromatic carbocycles. The number of fused-ring (bicyclic) bond motifs is 1. The number of carbonyl (C=O) groups is 2. The van der Waals surface area contributed by atoms with Gasteiger partial charge in [-0.1, -0.05) is 0 Å². The number of hydrogen-bond acceptors (Lipinski definition) is 4. The van der Waals surface area contributed by atoms with Crippen LogP contribution in [0.4, 0.5) is 0 Å². The quantitative estimate of drug-likeness (QED) is 0.519. The van der Waals surface area contributed by atoms with E-state index in [1.165, 1.54) is 4.90 Å². The van der Waals surface area contributed by atoms with Gasteiger partial charge >= 0.3 is 0 Å². The second-order valence-electron chi connectivity index (χ2n) is 3.90. The number of amides is 1. The molecule has 2 aliphatic rings. The molecule has 0 saturated carbocycles. The summed E-state index contributed by atoms with van der Waals surface area (Å²) in [5.41, 5.74) is 0. The molecule has 0 aromatic rings. The van der Waals surface area contributed by atoms with E-state index in [1.807, 2.05) is 13.8 Å². The van der Waals surface area contributed by atoms with Crippen molar-refractivity contribution in [2.45, 2.75) is 36.4 Å². The second kappa shape index (κ2) is 2.41. The maximum Gasteiger partial charge on any atom is 0.227 e. The number of rotatable bonds is 1. The van der Waals surface area contributed by atoms with Gasteiger partial charge in [0.25, 0.3) is 0 Å². The Balaban J connectivity index is 2.30. The second-order valence-corrected chi connectivity index (χ2v) is 5.73. The molecule has 5 heteroatoms. The molecular weight excluding hydrogens is 190 g/mol. The van der Waals surface area contributed by atoms with E-state index in [4.69, 9.17) is 0 Å². The zero-order valence-corrected chi connectivity index (χ0v) is 8.26. The molecular formula is C8H10NO3S-. The highest BCUT2D eigenvalue weighted by Crippen LogP contribution is 2.50. The van der Waals surface area contributed by atoms with Crippen LogP contribution in [0, 0.1) is 0 Å². The summed E-state index contributed by atoms with van der Waals surface area (Å²) in [6.07, 6.45) is 0.470. The van der Waals surface area contributed by atoms with Gasteiger partial charge in [-0.2, -0.15) is 0 Å². The van der Waals surface area contributed by atoms with Crippen LogP contribution >= 0.6 is 11.8 Å². The average Bonchev–Trinajstić information content (AvgIpc) is 2.18. The minimum atomic E-state index is -1.15. The van der Waals surface area contributed by atoms with Crippen molar-refractivity contribution < 1.29 is 14.7 Å². The Kier molecular flexibility index (Phi) is 1.64. The Morgan fingerprint density at radius 1 is 1.69 bits per heavy atom. The van der Waals surface area contributed by atoms with Crippen molar-refractivity contribution in [3.05, 3.63) is 0 Å². The predicted molar refractivity (Wildman–Crippen MR) is 45.7 cm³/mol. The molecule has 0 bridgehead atoms. The molecule has 1 unspecified atom stereocenters. The van der Waals surface area contributed by atoms with Crippen molar-refractivity contribution in [1.29, 1.82) is 0 Å². The summed E-state index contributed by atoms with van der Waals surface area (Å²) in [7, 11) is 0. The minimum absolute atomic E-state index is 0.0606. The SMILES string of the molecule is CC1(C)SC2CC(=O)N2[C@H]1C(=O)[O-]. The molecule has 0 aliphatic carbocycles. The fourth-order valence-corrected chi connectivity index (χ4v) is 3.58. The molecule has 1 amide bonds. The normalized spacial score (nSPS) is 35.5. The van der Waals surface area contributed by atoms with Crippen LogP contribution in [0.5, 0.6) is 0 Å². The lowest BCUT2D eigenvalue weighted by Crippen LogP contribution is -2.60. The molecule has 72 valence electrons. The van der Waals surface area contributed by atoms with Crippen LogP contribution in [0.2, 0.25) is 0 Å². The van der Waals surface area contributed by atoms with Crippen LogP contribution in [0.1, 0.15) is 20.3 Å². The first-order valence-corrected chi connectivity index (χ1v) is 5.01. The van der Waals surface area contributed by atoms with Gasteiger partial charge in [-0.05, 0) is 13.8 Å². The van der Waals surface area contributed by atoms with Crippen LogP contribution in [0.3, 0.4) is 0 Å². The van der Waals surface area contributed by atoms with Crippen molar-refractivity contribution in [3.8, 4) is 0 Å². The van der Waals surface area contributed by atoms with E-state index in [0.717, 1.165) is 0 Å². The average molecular weight is 200 g/mol. The number of carboxylic acids is 1. The van der Waals surface area contributed by atoms with E-state index < -0.39 is 16.8 Å². The van der Waals surface area contributed by atoms with Gasteiger partial charge in [-0.3, -0.25) is 4.79 Å². The zero-order chi connectivity index (χ0) is 9.80. The Hall–Kier alpha value is -0.710. The lowest BCUT2D eigenvalue weighted by molar-refractivity contribution is -0.312. The van der Waals surface area contributed by atoms with Crippen molar-refractivity contribution in [3.63, 3.8) is 0 Å². The molecule has 2 heterocycles. The Morgan fingerprint density at radius 3 is 2.69 bits per heavy atom. The molecule has 0 aromatic heterocycles. The zero-order valence-electron chi connectivity index (χ0n) is 7.44. The third-order valence-corrected chi connectivity index (χ3v) is 4.04. The third kappa shape index (κ3) is 1.06. The number of hydrogen-bond donors (Lipinski definition) is 0. The summed E-state index contributed by atoms with van der Waals surface area (Å²) < 4.78 is -0.421. The van der Waals surface area contributed by atoms with Gasteiger partial charge in [-0.25, -0.2) is 0 Å². The molecule has 0 N–H and O–H groups in total.